The van der Waals surface area contributed by atoms with Crippen LogP contribution in [-0.2, 0) is 9.53 Å². The summed E-state index contributed by atoms with van der Waals surface area (Å²) in [4.78, 5) is 24.4. The van der Waals surface area contributed by atoms with E-state index in [4.69, 9.17) is 39.5 Å². The van der Waals surface area contributed by atoms with Crippen molar-refractivity contribution in [2.75, 3.05) is 13.2 Å². The van der Waals surface area contributed by atoms with Gasteiger partial charge < -0.3 is 4.74 Å². The van der Waals surface area contributed by atoms with Crippen molar-refractivity contribution in [2.24, 2.45) is 5.10 Å². The molecule has 0 saturated carbocycles. The summed E-state index contributed by atoms with van der Waals surface area (Å²) in [6.07, 6.45) is 0.635. The Bertz CT molecular complexity index is 885. The van der Waals surface area contributed by atoms with Crippen molar-refractivity contribution in [1.29, 1.82) is 0 Å². The third kappa shape index (κ3) is 4.01. The van der Waals surface area contributed by atoms with E-state index in [1.807, 2.05) is 30.3 Å². The smallest absolute Gasteiger partial charge is 0.341 e. The van der Waals surface area contributed by atoms with Gasteiger partial charge in [0, 0.05) is 6.42 Å². The minimum absolute atomic E-state index is 0.0119. The first-order valence-corrected chi connectivity index (χ1v) is 8.84. The van der Waals surface area contributed by atoms with E-state index >= 15 is 0 Å². The van der Waals surface area contributed by atoms with Crippen LogP contribution in [0.3, 0.4) is 0 Å². The second-order valence-corrected chi connectivity index (χ2v) is 6.67. The largest absolute Gasteiger partial charge is 0.452 e. The molecule has 1 aliphatic rings. The molecule has 0 saturated heterocycles. The van der Waals surface area contributed by atoms with Gasteiger partial charge in [-0.3, -0.25) is 4.79 Å². The number of ether oxygens (including phenoxy) is 1. The Labute approximate surface area is 165 Å². The quantitative estimate of drug-likeness (QED) is 0.552. The average Bonchev–Trinajstić information content (AvgIpc) is 3.14. The Morgan fingerprint density at radius 1 is 1.04 bits per heavy atom. The zero-order valence-electron chi connectivity index (χ0n) is 13.4. The maximum absolute atomic E-state index is 12.2. The molecule has 3 rings (SSSR count). The Hall–Kier alpha value is -2.08. The molecule has 5 nitrogen and oxygen atoms in total. The summed E-state index contributed by atoms with van der Waals surface area (Å²) in [7, 11) is 0. The second-order valence-electron chi connectivity index (χ2n) is 5.47. The van der Waals surface area contributed by atoms with E-state index in [1.165, 1.54) is 17.1 Å². The number of esters is 1. The SMILES string of the molecule is O=C(OCC(=O)N1CCC(c2ccccc2)=N1)c1c(Cl)ccc(Cl)c1Cl. The summed E-state index contributed by atoms with van der Waals surface area (Å²) in [5.41, 5.74) is 1.70. The molecule has 0 aliphatic carbocycles. The first-order chi connectivity index (χ1) is 12.5. The highest BCUT2D eigenvalue weighted by Gasteiger charge is 2.24. The van der Waals surface area contributed by atoms with Gasteiger partial charge >= 0.3 is 5.97 Å². The third-order valence-corrected chi connectivity index (χ3v) is 4.89. The maximum Gasteiger partial charge on any atom is 0.341 e. The lowest BCUT2D eigenvalue weighted by atomic mass is 10.1. The number of hydrazone groups is 1. The lowest BCUT2D eigenvalue weighted by molar-refractivity contribution is -0.134. The topological polar surface area (TPSA) is 59.0 Å². The molecule has 0 spiro atoms. The Balaban J connectivity index is 1.64. The molecule has 1 heterocycles. The molecule has 2 aromatic carbocycles. The van der Waals surface area contributed by atoms with Crippen molar-refractivity contribution in [3.05, 3.63) is 68.7 Å². The number of carbonyl (C=O) groups is 2. The Morgan fingerprint density at radius 2 is 1.73 bits per heavy atom. The van der Waals surface area contributed by atoms with Crippen molar-refractivity contribution in [3.63, 3.8) is 0 Å². The molecule has 8 heteroatoms. The summed E-state index contributed by atoms with van der Waals surface area (Å²) in [6, 6.07) is 12.5. The number of hydrogen-bond acceptors (Lipinski definition) is 4. The predicted octanol–water partition coefficient (Wildman–Crippen LogP) is 4.44. The van der Waals surface area contributed by atoms with Gasteiger partial charge in [0.25, 0.3) is 5.91 Å². The highest BCUT2D eigenvalue weighted by Crippen LogP contribution is 2.31. The minimum Gasteiger partial charge on any atom is -0.452 e. The van der Waals surface area contributed by atoms with E-state index in [-0.39, 0.29) is 20.6 Å². The summed E-state index contributed by atoms with van der Waals surface area (Å²) < 4.78 is 5.03. The van der Waals surface area contributed by atoms with Gasteiger partial charge in [0.15, 0.2) is 6.61 Å². The van der Waals surface area contributed by atoms with Gasteiger partial charge in [-0.25, -0.2) is 9.80 Å². The second kappa shape index (κ2) is 8.08. The van der Waals surface area contributed by atoms with Crippen molar-refractivity contribution in [2.45, 2.75) is 6.42 Å². The van der Waals surface area contributed by atoms with Crippen LogP contribution in [0.5, 0.6) is 0 Å². The molecule has 0 bridgehead atoms. The predicted molar refractivity (Wildman–Crippen MR) is 101 cm³/mol. The van der Waals surface area contributed by atoms with E-state index in [0.717, 1.165) is 11.3 Å². The monoisotopic (exact) mass is 410 g/mol. The van der Waals surface area contributed by atoms with Crippen LogP contribution in [-0.4, -0.2) is 35.7 Å². The first-order valence-electron chi connectivity index (χ1n) is 7.71. The van der Waals surface area contributed by atoms with E-state index in [1.54, 1.807) is 0 Å². The fourth-order valence-electron chi connectivity index (χ4n) is 2.46. The summed E-state index contributed by atoms with van der Waals surface area (Å²) in [5.74, 6) is -1.25. The van der Waals surface area contributed by atoms with E-state index < -0.39 is 18.5 Å². The van der Waals surface area contributed by atoms with Crippen LogP contribution in [0.4, 0.5) is 0 Å². The average molecular weight is 412 g/mol. The van der Waals surface area contributed by atoms with Gasteiger partial charge in [0.2, 0.25) is 0 Å². The maximum atomic E-state index is 12.2. The van der Waals surface area contributed by atoms with Crippen molar-refractivity contribution in [3.8, 4) is 0 Å². The van der Waals surface area contributed by atoms with Gasteiger partial charge in [0.05, 0.1) is 32.9 Å². The zero-order valence-corrected chi connectivity index (χ0v) is 15.7. The Morgan fingerprint density at radius 3 is 2.46 bits per heavy atom. The van der Waals surface area contributed by atoms with Crippen LogP contribution in [0.1, 0.15) is 22.3 Å². The van der Waals surface area contributed by atoms with Crippen LogP contribution >= 0.6 is 34.8 Å². The highest BCUT2D eigenvalue weighted by atomic mass is 35.5. The number of rotatable bonds is 4. The number of hydrogen-bond donors (Lipinski definition) is 0. The van der Waals surface area contributed by atoms with Crippen LogP contribution in [0, 0.1) is 0 Å². The van der Waals surface area contributed by atoms with Crippen molar-refractivity contribution < 1.29 is 14.3 Å². The number of benzene rings is 2. The van der Waals surface area contributed by atoms with Gasteiger partial charge in [-0.1, -0.05) is 65.1 Å². The Kier molecular flexibility index (Phi) is 5.81. The van der Waals surface area contributed by atoms with Gasteiger partial charge in [-0.15, -0.1) is 0 Å². The molecular weight excluding hydrogens is 399 g/mol. The lowest BCUT2D eigenvalue weighted by Crippen LogP contribution is -2.28. The molecule has 1 aliphatic heterocycles. The first kappa shape index (κ1) is 18.7. The molecule has 0 unspecified atom stereocenters. The summed E-state index contributed by atoms with van der Waals surface area (Å²) in [6.45, 7) is -0.0388. The molecule has 0 atom stereocenters. The molecule has 134 valence electrons. The van der Waals surface area contributed by atoms with Crippen molar-refractivity contribution >= 4 is 52.4 Å². The number of halogens is 3. The van der Waals surface area contributed by atoms with E-state index in [9.17, 15) is 9.59 Å². The van der Waals surface area contributed by atoms with Crippen LogP contribution in [0.15, 0.2) is 47.6 Å². The van der Waals surface area contributed by atoms with Crippen LogP contribution in [0.2, 0.25) is 15.1 Å². The number of nitrogens with zero attached hydrogens (tertiary/aromatic N) is 2. The molecule has 1 amide bonds. The molecule has 26 heavy (non-hydrogen) atoms. The minimum atomic E-state index is -0.817. The fraction of sp³-hybridized carbons (Fsp3) is 0.167. The standard InChI is InChI=1S/C18H13Cl3N2O3/c19-12-6-7-13(20)17(21)16(12)18(25)26-10-15(24)23-9-8-14(22-23)11-4-2-1-3-5-11/h1-7H,8-10H2. The normalized spacial score (nSPS) is 13.5. The van der Waals surface area contributed by atoms with Gasteiger partial charge in [0.1, 0.15) is 0 Å². The molecular formula is C18H13Cl3N2O3. The number of carbonyl (C=O) groups excluding carboxylic acids is 2. The van der Waals surface area contributed by atoms with Crippen LogP contribution < -0.4 is 0 Å². The molecule has 2 aromatic rings. The number of amides is 1. The highest BCUT2D eigenvalue weighted by molar-refractivity contribution is 6.46. The zero-order chi connectivity index (χ0) is 18.7. The fourth-order valence-corrected chi connectivity index (χ4v) is 3.14. The molecule has 0 radical (unpaired) electrons. The summed E-state index contributed by atoms with van der Waals surface area (Å²) >= 11 is 17.8. The molecule has 0 N–H and O–H groups in total. The molecule has 0 fully saturated rings. The van der Waals surface area contributed by atoms with Gasteiger partial charge in [-0.2, -0.15) is 5.10 Å². The lowest BCUT2D eigenvalue weighted by Gasteiger charge is -2.12. The van der Waals surface area contributed by atoms with E-state index in [2.05, 4.69) is 5.10 Å². The van der Waals surface area contributed by atoms with E-state index in [0.29, 0.717) is 13.0 Å². The molecule has 0 aromatic heterocycles. The third-order valence-electron chi connectivity index (χ3n) is 3.77. The summed E-state index contributed by atoms with van der Waals surface area (Å²) in [5, 5.41) is 5.84. The van der Waals surface area contributed by atoms with Crippen LogP contribution in [0.25, 0.3) is 0 Å². The van der Waals surface area contributed by atoms with Crippen molar-refractivity contribution in [1.82, 2.24) is 5.01 Å². The van der Waals surface area contributed by atoms with Gasteiger partial charge in [-0.05, 0) is 17.7 Å².